The molecule has 1 aromatic heterocycles. The summed E-state index contributed by atoms with van der Waals surface area (Å²) in [6.07, 6.45) is 8.14. The van der Waals surface area contributed by atoms with E-state index in [1.165, 1.54) is 38.5 Å². The first-order chi connectivity index (χ1) is 8.34. The third-order valence-electron chi connectivity index (χ3n) is 4.16. The summed E-state index contributed by atoms with van der Waals surface area (Å²) in [5.41, 5.74) is 0. The number of hydrogen-bond donors (Lipinski definition) is 0. The van der Waals surface area contributed by atoms with Gasteiger partial charge in [0, 0.05) is 12.6 Å². The van der Waals surface area contributed by atoms with Crippen LogP contribution in [0.2, 0.25) is 5.15 Å². The third-order valence-corrected chi connectivity index (χ3v) is 4.36. The molecular formula is C13H18ClN3. The van der Waals surface area contributed by atoms with Crippen molar-refractivity contribution in [2.75, 3.05) is 11.4 Å². The van der Waals surface area contributed by atoms with Gasteiger partial charge in [0.1, 0.15) is 0 Å². The van der Waals surface area contributed by atoms with Crippen LogP contribution in [-0.2, 0) is 0 Å². The zero-order valence-corrected chi connectivity index (χ0v) is 10.7. The molecule has 3 nitrogen and oxygen atoms in total. The molecule has 1 saturated carbocycles. The molecule has 1 aromatic rings. The number of rotatable bonds is 1. The van der Waals surface area contributed by atoms with Crippen LogP contribution in [-0.4, -0.2) is 22.8 Å². The van der Waals surface area contributed by atoms with Crippen LogP contribution < -0.4 is 4.90 Å². The highest BCUT2D eigenvalue weighted by Gasteiger charge is 2.33. The number of aromatic nitrogens is 2. The van der Waals surface area contributed by atoms with Crippen LogP contribution in [0.1, 0.15) is 38.5 Å². The van der Waals surface area contributed by atoms with Gasteiger partial charge < -0.3 is 4.90 Å². The van der Waals surface area contributed by atoms with Crippen molar-refractivity contribution in [2.45, 2.75) is 44.6 Å². The van der Waals surface area contributed by atoms with Gasteiger partial charge in [0.2, 0.25) is 0 Å². The zero-order valence-electron chi connectivity index (χ0n) is 9.98. The first kappa shape index (κ1) is 11.3. The molecule has 0 bridgehead atoms. The van der Waals surface area contributed by atoms with Crippen LogP contribution in [0.25, 0.3) is 0 Å². The lowest BCUT2D eigenvalue weighted by atomic mass is 9.78. The molecule has 1 saturated heterocycles. The molecule has 1 aliphatic heterocycles. The summed E-state index contributed by atoms with van der Waals surface area (Å²) in [6, 6.07) is 4.54. The molecule has 2 aliphatic rings. The average Bonchev–Trinajstić information content (AvgIpc) is 2.39. The summed E-state index contributed by atoms with van der Waals surface area (Å²) in [4.78, 5) is 2.46. The first-order valence-corrected chi connectivity index (χ1v) is 6.98. The van der Waals surface area contributed by atoms with Gasteiger partial charge in [0.05, 0.1) is 0 Å². The van der Waals surface area contributed by atoms with E-state index in [0.29, 0.717) is 11.2 Å². The molecule has 17 heavy (non-hydrogen) atoms. The fraction of sp³-hybridized carbons (Fsp3) is 0.692. The molecule has 2 atom stereocenters. The summed E-state index contributed by atoms with van der Waals surface area (Å²) in [6.45, 7) is 1.12. The van der Waals surface area contributed by atoms with Crippen molar-refractivity contribution >= 4 is 17.4 Å². The van der Waals surface area contributed by atoms with Gasteiger partial charge in [-0.15, -0.1) is 10.2 Å². The van der Waals surface area contributed by atoms with Gasteiger partial charge in [-0.1, -0.05) is 24.4 Å². The molecule has 3 rings (SSSR count). The summed E-state index contributed by atoms with van der Waals surface area (Å²) < 4.78 is 0. The van der Waals surface area contributed by atoms with Crippen LogP contribution in [0.15, 0.2) is 12.1 Å². The van der Waals surface area contributed by atoms with Crippen molar-refractivity contribution in [3.8, 4) is 0 Å². The lowest BCUT2D eigenvalue weighted by Crippen LogP contribution is -2.47. The number of fused-ring (bicyclic) bond motifs is 1. The van der Waals surface area contributed by atoms with E-state index in [0.717, 1.165) is 18.3 Å². The molecule has 2 unspecified atom stereocenters. The van der Waals surface area contributed by atoms with Crippen molar-refractivity contribution < 1.29 is 0 Å². The van der Waals surface area contributed by atoms with Crippen molar-refractivity contribution in [3.63, 3.8) is 0 Å². The van der Waals surface area contributed by atoms with Gasteiger partial charge in [-0.25, -0.2) is 0 Å². The van der Waals surface area contributed by atoms with Gasteiger partial charge in [-0.3, -0.25) is 0 Å². The smallest absolute Gasteiger partial charge is 0.151 e. The van der Waals surface area contributed by atoms with Crippen molar-refractivity contribution in [2.24, 2.45) is 5.92 Å². The Labute approximate surface area is 107 Å². The molecule has 1 aliphatic carbocycles. The van der Waals surface area contributed by atoms with E-state index < -0.39 is 0 Å². The highest BCUT2D eigenvalue weighted by molar-refractivity contribution is 6.29. The molecule has 4 heteroatoms. The van der Waals surface area contributed by atoms with Crippen LogP contribution in [0.4, 0.5) is 5.82 Å². The Morgan fingerprint density at radius 3 is 2.71 bits per heavy atom. The third kappa shape index (κ3) is 2.25. The van der Waals surface area contributed by atoms with E-state index in [1.54, 1.807) is 0 Å². The standard InChI is InChI=1S/C13H18ClN3/c14-12-7-8-13(16-15-12)17-9-3-5-10-4-1-2-6-11(10)17/h7-8,10-11H,1-6,9H2. The quantitative estimate of drug-likeness (QED) is 0.767. The Kier molecular flexibility index (Phi) is 3.19. The second-order valence-corrected chi connectivity index (χ2v) is 5.55. The molecular weight excluding hydrogens is 234 g/mol. The summed E-state index contributed by atoms with van der Waals surface area (Å²) >= 11 is 5.80. The van der Waals surface area contributed by atoms with Gasteiger partial charge in [0.25, 0.3) is 0 Å². The first-order valence-electron chi connectivity index (χ1n) is 6.60. The number of halogens is 1. The van der Waals surface area contributed by atoms with E-state index in [-0.39, 0.29) is 0 Å². The largest absolute Gasteiger partial charge is 0.352 e. The molecule has 2 fully saturated rings. The van der Waals surface area contributed by atoms with Gasteiger partial charge in [-0.2, -0.15) is 0 Å². The monoisotopic (exact) mass is 251 g/mol. The summed E-state index contributed by atoms with van der Waals surface area (Å²) in [5.74, 6) is 1.88. The Bertz CT molecular complexity index is 377. The number of nitrogens with zero attached hydrogens (tertiary/aromatic N) is 3. The van der Waals surface area contributed by atoms with Gasteiger partial charge in [-0.05, 0) is 43.7 Å². The second kappa shape index (κ2) is 4.81. The van der Waals surface area contributed by atoms with E-state index >= 15 is 0 Å². The highest BCUT2D eigenvalue weighted by atomic mass is 35.5. The Balaban J connectivity index is 1.83. The number of hydrogen-bond acceptors (Lipinski definition) is 3. The van der Waals surface area contributed by atoms with Crippen molar-refractivity contribution in [3.05, 3.63) is 17.3 Å². The average molecular weight is 252 g/mol. The maximum Gasteiger partial charge on any atom is 0.151 e. The maximum absolute atomic E-state index is 5.80. The van der Waals surface area contributed by atoms with E-state index in [9.17, 15) is 0 Å². The van der Waals surface area contributed by atoms with Crippen molar-refractivity contribution in [1.82, 2.24) is 10.2 Å². The zero-order chi connectivity index (χ0) is 11.7. The highest BCUT2D eigenvalue weighted by Crippen LogP contribution is 2.36. The molecule has 0 spiro atoms. The van der Waals surface area contributed by atoms with Gasteiger partial charge >= 0.3 is 0 Å². The summed E-state index contributed by atoms with van der Waals surface area (Å²) in [5, 5.41) is 8.68. The molecule has 0 aromatic carbocycles. The van der Waals surface area contributed by atoms with E-state index in [1.807, 2.05) is 12.1 Å². The minimum Gasteiger partial charge on any atom is -0.352 e. The minimum absolute atomic E-state index is 0.478. The Hall–Kier alpha value is -0.830. The molecule has 2 heterocycles. The van der Waals surface area contributed by atoms with Crippen LogP contribution in [0.3, 0.4) is 0 Å². The maximum atomic E-state index is 5.80. The molecule has 92 valence electrons. The fourth-order valence-electron chi connectivity index (χ4n) is 3.37. The SMILES string of the molecule is Clc1ccc(N2CCCC3CCCCC32)nn1. The van der Waals surface area contributed by atoms with E-state index in [4.69, 9.17) is 11.6 Å². The normalized spacial score (nSPS) is 28.9. The molecule has 0 amide bonds. The van der Waals surface area contributed by atoms with Crippen LogP contribution >= 0.6 is 11.6 Å². The minimum atomic E-state index is 0.478. The van der Waals surface area contributed by atoms with Crippen LogP contribution in [0.5, 0.6) is 0 Å². The second-order valence-electron chi connectivity index (χ2n) is 5.16. The Morgan fingerprint density at radius 1 is 1.06 bits per heavy atom. The van der Waals surface area contributed by atoms with Crippen LogP contribution in [0, 0.1) is 5.92 Å². The topological polar surface area (TPSA) is 29.0 Å². The number of piperidine rings is 1. The summed E-state index contributed by atoms with van der Waals surface area (Å²) in [7, 11) is 0. The fourth-order valence-corrected chi connectivity index (χ4v) is 3.47. The number of anilines is 1. The molecule has 0 radical (unpaired) electrons. The van der Waals surface area contributed by atoms with Gasteiger partial charge in [0.15, 0.2) is 11.0 Å². The van der Waals surface area contributed by atoms with Crippen molar-refractivity contribution in [1.29, 1.82) is 0 Å². The van der Waals surface area contributed by atoms with E-state index in [2.05, 4.69) is 15.1 Å². The molecule has 0 N–H and O–H groups in total. The lowest BCUT2D eigenvalue weighted by Gasteiger charge is -2.44. The lowest BCUT2D eigenvalue weighted by molar-refractivity contribution is 0.242. The predicted molar refractivity (Wildman–Crippen MR) is 69.4 cm³/mol. The predicted octanol–water partition coefficient (Wildman–Crippen LogP) is 3.29. The Morgan fingerprint density at radius 2 is 1.88 bits per heavy atom.